The summed E-state index contributed by atoms with van der Waals surface area (Å²) in [5.41, 5.74) is 5.05. The first kappa shape index (κ1) is 19.8. The summed E-state index contributed by atoms with van der Waals surface area (Å²) in [4.78, 5) is 30.6. The van der Waals surface area contributed by atoms with Gasteiger partial charge >= 0.3 is 5.97 Å². The monoisotopic (exact) mass is 394 g/mol. The van der Waals surface area contributed by atoms with Gasteiger partial charge in [-0.05, 0) is 55.7 Å². The number of thiazole rings is 1. The van der Waals surface area contributed by atoms with Crippen LogP contribution in [0.1, 0.15) is 39.7 Å². The summed E-state index contributed by atoms with van der Waals surface area (Å²) >= 11 is 1.34. The number of ether oxygens (including phenoxy) is 1. The fourth-order valence-electron chi connectivity index (χ4n) is 2.78. The third kappa shape index (κ3) is 4.28. The van der Waals surface area contributed by atoms with Crippen LogP contribution in [0.3, 0.4) is 0 Å². The highest BCUT2D eigenvalue weighted by Crippen LogP contribution is 2.30. The number of anilines is 2. The number of carbonyl (C=O) groups excluding carboxylic acids is 2. The third-order valence-corrected chi connectivity index (χ3v) is 5.39. The summed E-state index contributed by atoms with van der Waals surface area (Å²) in [6.07, 6.45) is 0. The van der Waals surface area contributed by atoms with Gasteiger partial charge in [-0.2, -0.15) is 0 Å². The van der Waals surface area contributed by atoms with Crippen LogP contribution < -0.4 is 4.90 Å². The average Bonchev–Trinajstić information content (AvgIpc) is 3.11. The Labute approximate surface area is 168 Å². The minimum atomic E-state index is -0.384. The number of amides is 1. The van der Waals surface area contributed by atoms with E-state index in [-0.39, 0.29) is 18.5 Å². The molecule has 0 spiro atoms. The lowest BCUT2D eigenvalue weighted by atomic mass is 10.1. The maximum Gasteiger partial charge on any atom is 0.338 e. The first-order valence-corrected chi connectivity index (χ1v) is 9.80. The van der Waals surface area contributed by atoms with E-state index in [9.17, 15) is 9.59 Å². The zero-order valence-corrected chi connectivity index (χ0v) is 17.2. The van der Waals surface area contributed by atoms with Gasteiger partial charge < -0.3 is 4.74 Å². The van der Waals surface area contributed by atoms with Gasteiger partial charge in [-0.3, -0.25) is 9.69 Å². The van der Waals surface area contributed by atoms with Gasteiger partial charge in [0.25, 0.3) is 0 Å². The van der Waals surface area contributed by atoms with Gasteiger partial charge in [-0.15, -0.1) is 11.3 Å². The molecule has 1 aromatic heterocycles. The Kier molecular flexibility index (Phi) is 5.90. The molecule has 0 saturated heterocycles. The molecule has 144 valence electrons. The van der Waals surface area contributed by atoms with Gasteiger partial charge in [0.15, 0.2) is 5.13 Å². The molecule has 0 aliphatic carbocycles. The first-order chi connectivity index (χ1) is 13.4. The van der Waals surface area contributed by atoms with Crippen LogP contribution in [0, 0.1) is 20.8 Å². The summed E-state index contributed by atoms with van der Waals surface area (Å²) < 4.78 is 5.39. The van der Waals surface area contributed by atoms with E-state index in [4.69, 9.17) is 4.74 Å². The van der Waals surface area contributed by atoms with Crippen molar-refractivity contribution in [1.82, 2.24) is 4.98 Å². The Morgan fingerprint density at radius 2 is 1.79 bits per heavy atom. The zero-order chi connectivity index (χ0) is 20.3. The van der Waals surface area contributed by atoms with Gasteiger partial charge in [-0.1, -0.05) is 24.3 Å². The van der Waals surface area contributed by atoms with E-state index in [1.54, 1.807) is 22.4 Å². The van der Waals surface area contributed by atoms with Gasteiger partial charge in [0.1, 0.15) is 6.61 Å². The zero-order valence-electron chi connectivity index (χ0n) is 16.4. The second-order valence-electron chi connectivity index (χ2n) is 6.64. The molecular weight excluding hydrogens is 372 g/mol. The van der Waals surface area contributed by atoms with E-state index in [2.05, 4.69) is 4.98 Å². The third-order valence-electron chi connectivity index (χ3n) is 4.51. The summed E-state index contributed by atoms with van der Waals surface area (Å²) in [5.74, 6) is -0.508. The number of esters is 1. The average molecular weight is 394 g/mol. The summed E-state index contributed by atoms with van der Waals surface area (Å²) in [5, 5.41) is 2.36. The lowest BCUT2D eigenvalue weighted by molar-refractivity contribution is -0.115. The summed E-state index contributed by atoms with van der Waals surface area (Å²) in [6, 6.07) is 13.1. The quantitative estimate of drug-likeness (QED) is 0.564. The van der Waals surface area contributed by atoms with Crippen LogP contribution in [0.25, 0.3) is 0 Å². The normalized spacial score (nSPS) is 10.6. The molecule has 0 saturated carbocycles. The Morgan fingerprint density at radius 3 is 2.46 bits per heavy atom. The molecule has 0 aliphatic heterocycles. The van der Waals surface area contributed by atoms with Crippen molar-refractivity contribution < 1.29 is 14.3 Å². The Bertz CT molecular complexity index is 1030. The molecule has 6 heteroatoms. The molecule has 2 aromatic carbocycles. The smallest absolute Gasteiger partial charge is 0.338 e. The number of nitrogens with zero attached hydrogens (tertiary/aromatic N) is 2. The maximum absolute atomic E-state index is 12.3. The van der Waals surface area contributed by atoms with Gasteiger partial charge in [0.2, 0.25) is 5.91 Å². The lowest BCUT2D eigenvalue weighted by Crippen LogP contribution is -2.22. The van der Waals surface area contributed by atoms with Crippen LogP contribution in [0.5, 0.6) is 0 Å². The van der Waals surface area contributed by atoms with Gasteiger partial charge in [-0.25, -0.2) is 9.78 Å². The lowest BCUT2D eigenvalue weighted by Gasteiger charge is -2.19. The molecular formula is C22H22N2O3S. The summed E-state index contributed by atoms with van der Waals surface area (Å²) in [6.45, 7) is 7.47. The molecule has 0 bridgehead atoms. The Morgan fingerprint density at radius 1 is 1.04 bits per heavy atom. The fourth-order valence-corrected chi connectivity index (χ4v) is 3.65. The molecule has 3 aromatic rings. The molecule has 0 radical (unpaired) electrons. The van der Waals surface area contributed by atoms with Crippen molar-refractivity contribution in [1.29, 1.82) is 0 Å². The predicted molar refractivity (Wildman–Crippen MR) is 111 cm³/mol. The number of hydrogen-bond donors (Lipinski definition) is 0. The van der Waals surface area contributed by atoms with Gasteiger partial charge in [0.05, 0.1) is 16.9 Å². The van der Waals surface area contributed by atoms with E-state index in [0.717, 1.165) is 22.4 Å². The number of carbonyl (C=O) groups is 2. The van der Waals surface area contributed by atoms with Crippen LogP contribution in [0.2, 0.25) is 0 Å². The van der Waals surface area contributed by atoms with Gasteiger partial charge in [0, 0.05) is 12.3 Å². The highest BCUT2D eigenvalue weighted by molar-refractivity contribution is 7.14. The minimum Gasteiger partial charge on any atom is -0.456 e. The van der Waals surface area contributed by atoms with E-state index in [1.807, 2.05) is 51.1 Å². The standard InChI is InChI=1S/C22H22N2O3S/c1-14-9-10-19(11-16(14)3)24(17(4)25)22-23-18(13-28-22)12-27-21(26)20-8-6-5-7-15(20)2/h5-11,13H,12H2,1-4H3. The molecule has 5 nitrogen and oxygen atoms in total. The molecule has 0 fully saturated rings. The Balaban J connectivity index is 1.76. The van der Waals surface area contributed by atoms with E-state index in [0.29, 0.717) is 16.4 Å². The largest absolute Gasteiger partial charge is 0.456 e. The van der Waals surface area contributed by atoms with Crippen molar-refractivity contribution >= 4 is 34.0 Å². The Hall–Kier alpha value is -2.99. The molecule has 0 atom stereocenters. The fraction of sp³-hybridized carbons (Fsp3) is 0.227. The summed E-state index contributed by atoms with van der Waals surface area (Å²) in [7, 11) is 0. The van der Waals surface area contributed by atoms with Crippen molar-refractivity contribution in [2.24, 2.45) is 0 Å². The second-order valence-corrected chi connectivity index (χ2v) is 7.47. The highest BCUT2D eigenvalue weighted by Gasteiger charge is 2.19. The van der Waals surface area contributed by atoms with Crippen molar-refractivity contribution in [2.75, 3.05) is 4.90 Å². The number of rotatable bonds is 5. The molecule has 1 amide bonds. The van der Waals surface area contributed by atoms with Crippen LogP contribution in [-0.4, -0.2) is 16.9 Å². The number of hydrogen-bond acceptors (Lipinski definition) is 5. The number of aromatic nitrogens is 1. The van der Waals surface area contributed by atoms with Crippen LogP contribution in [0.15, 0.2) is 47.8 Å². The first-order valence-electron chi connectivity index (χ1n) is 8.92. The van der Waals surface area contributed by atoms with Crippen LogP contribution >= 0.6 is 11.3 Å². The van der Waals surface area contributed by atoms with Crippen molar-refractivity contribution in [3.63, 3.8) is 0 Å². The number of aryl methyl sites for hydroxylation is 3. The minimum absolute atomic E-state index is 0.0579. The molecule has 3 rings (SSSR count). The van der Waals surface area contributed by atoms with Crippen molar-refractivity contribution in [3.8, 4) is 0 Å². The van der Waals surface area contributed by atoms with Crippen molar-refractivity contribution in [3.05, 3.63) is 75.8 Å². The SMILES string of the molecule is CC(=O)N(c1ccc(C)c(C)c1)c1nc(COC(=O)c2ccccc2C)cs1. The molecule has 28 heavy (non-hydrogen) atoms. The molecule has 0 unspecified atom stereocenters. The van der Waals surface area contributed by atoms with E-state index in [1.165, 1.54) is 18.3 Å². The predicted octanol–water partition coefficient (Wildman–Crippen LogP) is 5.11. The van der Waals surface area contributed by atoms with Crippen molar-refractivity contribution in [2.45, 2.75) is 34.3 Å². The van der Waals surface area contributed by atoms with E-state index >= 15 is 0 Å². The molecule has 1 heterocycles. The maximum atomic E-state index is 12.3. The van der Waals surface area contributed by atoms with E-state index < -0.39 is 0 Å². The highest BCUT2D eigenvalue weighted by atomic mass is 32.1. The topological polar surface area (TPSA) is 59.5 Å². The van der Waals surface area contributed by atoms with Crippen LogP contribution in [-0.2, 0) is 16.1 Å². The molecule has 0 aliphatic rings. The van der Waals surface area contributed by atoms with Crippen LogP contribution in [0.4, 0.5) is 10.8 Å². The molecule has 0 N–H and O–H groups in total. The number of benzene rings is 2. The second kappa shape index (κ2) is 8.35.